The van der Waals surface area contributed by atoms with Gasteiger partial charge in [0.1, 0.15) is 0 Å². The lowest BCUT2D eigenvalue weighted by atomic mass is 10.2. The van der Waals surface area contributed by atoms with E-state index >= 15 is 0 Å². The molecule has 96 valence electrons. The molecule has 0 aliphatic heterocycles. The number of rotatable bonds is 4. The van der Waals surface area contributed by atoms with E-state index < -0.39 is 26.9 Å². The highest BCUT2D eigenvalue weighted by molar-refractivity contribution is 14.1. The Morgan fingerprint density at radius 2 is 2.06 bits per heavy atom. The van der Waals surface area contributed by atoms with E-state index in [0.717, 1.165) is 6.07 Å². The first-order chi connectivity index (χ1) is 7.79. The number of halogens is 1. The molecule has 0 aromatic carbocycles. The molecule has 0 amide bonds. The van der Waals surface area contributed by atoms with Crippen molar-refractivity contribution in [2.75, 3.05) is 10.2 Å². The Balaban J connectivity index is 3.35. The highest BCUT2D eigenvalue weighted by Crippen LogP contribution is 2.26. The molecule has 0 radical (unpaired) electrons. The van der Waals surface area contributed by atoms with Crippen LogP contribution in [0.4, 0.5) is 0 Å². The van der Waals surface area contributed by atoms with E-state index in [1.807, 2.05) is 22.6 Å². The first kappa shape index (κ1) is 14.6. The normalized spacial score (nSPS) is 12.1. The zero-order chi connectivity index (χ0) is 13.2. The van der Waals surface area contributed by atoms with Crippen LogP contribution in [0.1, 0.15) is 17.5 Å². The molecule has 6 nitrogen and oxygen atoms in total. The maximum atomic E-state index is 11.7. The summed E-state index contributed by atoms with van der Waals surface area (Å²) in [6.07, 6.45) is -1.80. The van der Waals surface area contributed by atoms with Gasteiger partial charge in [-0.05, 0) is 13.0 Å². The first-order valence-corrected chi connectivity index (χ1v) is 7.82. The fourth-order valence-electron chi connectivity index (χ4n) is 1.28. The Bertz CT molecular complexity index is 514. The van der Waals surface area contributed by atoms with Gasteiger partial charge in [0.15, 0.2) is 26.9 Å². The van der Waals surface area contributed by atoms with E-state index in [1.165, 1.54) is 6.92 Å². The van der Waals surface area contributed by atoms with Crippen molar-refractivity contribution in [3.63, 3.8) is 0 Å². The molecule has 1 aromatic rings. The van der Waals surface area contributed by atoms with Crippen LogP contribution in [0.5, 0.6) is 5.75 Å². The quantitative estimate of drug-likeness (QED) is 0.398. The summed E-state index contributed by atoms with van der Waals surface area (Å²) in [5.41, 5.74) is 0.140. The molecule has 0 unspecified atom stereocenters. The van der Waals surface area contributed by atoms with Gasteiger partial charge in [-0.3, -0.25) is 0 Å². The molecule has 0 atom stereocenters. The minimum Gasteiger partial charge on any atom is -0.505 e. The van der Waals surface area contributed by atoms with Crippen LogP contribution in [0.3, 0.4) is 0 Å². The third-order valence-electron chi connectivity index (χ3n) is 2.12. The predicted molar refractivity (Wildman–Crippen MR) is 68.8 cm³/mol. The number of aromatic nitrogens is 1. The Labute approximate surface area is 112 Å². The number of alkyl halides is 1. The zero-order valence-corrected chi connectivity index (χ0v) is 11.9. The minimum absolute atomic E-state index is 0.0177. The second kappa shape index (κ2) is 5.46. The van der Waals surface area contributed by atoms with Gasteiger partial charge in [0.25, 0.3) is 0 Å². The van der Waals surface area contributed by atoms with E-state index in [2.05, 4.69) is 4.98 Å². The number of nitrogens with zero attached hydrogens (tertiary/aromatic N) is 1. The molecular weight excluding hydrogens is 361 g/mol. The van der Waals surface area contributed by atoms with Crippen molar-refractivity contribution in [2.45, 2.75) is 18.2 Å². The monoisotopic (exact) mass is 373 g/mol. The molecule has 0 fully saturated rings. The highest BCUT2D eigenvalue weighted by atomic mass is 127. The van der Waals surface area contributed by atoms with Crippen LogP contribution in [0, 0.1) is 6.92 Å². The van der Waals surface area contributed by atoms with E-state index in [0.29, 0.717) is 4.43 Å². The van der Waals surface area contributed by atoms with Crippen molar-refractivity contribution in [2.24, 2.45) is 0 Å². The second-order valence-corrected chi connectivity index (χ2v) is 6.47. The molecule has 3 N–H and O–H groups in total. The summed E-state index contributed by atoms with van der Waals surface area (Å²) >= 11 is 1.91. The van der Waals surface area contributed by atoms with Crippen LogP contribution in [0.2, 0.25) is 0 Å². The molecule has 0 saturated carbocycles. The van der Waals surface area contributed by atoms with E-state index in [1.54, 1.807) is 0 Å². The summed E-state index contributed by atoms with van der Waals surface area (Å²) in [5.74, 6) is -0.697. The van der Waals surface area contributed by atoms with Crippen LogP contribution in [-0.2, 0) is 9.84 Å². The smallest absolute Gasteiger partial charge is 0.200 e. The summed E-state index contributed by atoms with van der Waals surface area (Å²) in [6.45, 7) is 1.44. The van der Waals surface area contributed by atoms with Crippen molar-refractivity contribution in [3.8, 4) is 5.75 Å². The summed E-state index contributed by atoms with van der Waals surface area (Å²) in [6, 6.07) is 1.01. The molecular formula is C9H12INO5S. The van der Waals surface area contributed by atoms with Crippen molar-refractivity contribution in [3.05, 3.63) is 17.3 Å². The van der Waals surface area contributed by atoms with Gasteiger partial charge in [-0.25, -0.2) is 13.4 Å². The lowest BCUT2D eigenvalue weighted by Crippen LogP contribution is -2.12. The van der Waals surface area contributed by atoms with E-state index in [9.17, 15) is 13.5 Å². The van der Waals surface area contributed by atoms with Crippen molar-refractivity contribution < 1.29 is 23.7 Å². The van der Waals surface area contributed by atoms with Crippen LogP contribution in [0.25, 0.3) is 0 Å². The predicted octanol–water partition coefficient (Wildman–Crippen LogP) is 0.288. The summed E-state index contributed by atoms with van der Waals surface area (Å²) in [4.78, 5) is 3.72. The number of aryl methyl sites for hydroxylation is 1. The third kappa shape index (κ3) is 3.27. The summed E-state index contributed by atoms with van der Waals surface area (Å²) in [5, 5.41) is 27.1. The Hall–Kier alpha value is -0.450. The number of aliphatic hydroxyl groups excluding tert-OH is 1. The van der Waals surface area contributed by atoms with Crippen LogP contribution in [-0.4, -0.2) is 38.9 Å². The van der Waals surface area contributed by atoms with E-state index in [4.69, 9.17) is 10.2 Å². The lowest BCUT2D eigenvalue weighted by Gasteiger charge is -2.11. The van der Waals surface area contributed by atoms with Gasteiger partial charge in [-0.2, -0.15) is 0 Å². The van der Waals surface area contributed by atoms with Crippen molar-refractivity contribution >= 4 is 32.4 Å². The van der Waals surface area contributed by atoms with Gasteiger partial charge in [-0.1, -0.05) is 22.6 Å². The molecule has 0 aliphatic carbocycles. The minimum atomic E-state index is -3.64. The zero-order valence-electron chi connectivity index (χ0n) is 8.96. The van der Waals surface area contributed by atoms with Gasteiger partial charge >= 0.3 is 0 Å². The molecule has 0 bridgehead atoms. The number of hydrogen-bond donors (Lipinski definition) is 3. The van der Waals surface area contributed by atoms with Gasteiger partial charge < -0.3 is 15.3 Å². The van der Waals surface area contributed by atoms with Crippen molar-refractivity contribution in [1.29, 1.82) is 0 Å². The molecule has 0 aliphatic rings. The largest absolute Gasteiger partial charge is 0.505 e. The van der Waals surface area contributed by atoms with E-state index in [-0.39, 0.29) is 17.0 Å². The second-order valence-electron chi connectivity index (χ2n) is 3.37. The van der Waals surface area contributed by atoms with Crippen LogP contribution in [0.15, 0.2) is 11.1 Å². The Kier molecular flexibility index (Phi) is 4.69. The molecule has 17 heavy (non-hydrogen) atoms. The number of aromatic hydroxyl groups is 1. The maximum absolute atomic E-state index is 11.7. The van der Waals surface area contributed by atoms with Crippen LogP contribution < -0.4 is 0 Å². The fourth-order valence-corrected chi connectivity index (χ4v) is 4.07. The number of sulfone groups is 1. The van der Waals surface area contributed by atoms with Gasteiger partial charge in [0.05, 0.1) is 5.75 Å². The van der Waals surface area contributed by atoms with Crippen molar-refractivity contribution in [1.82, 2.24) is 4.98 Å². The molecule has 1 aromatic heterocycles. The first-order valence-electron chi connectivity index (χ1n) is 4.65. The number of pyridine rings is 1. The molecule has 8 heteroatoms. The average molecular weight is 373 g/mol. The van der Waals surface area contributed by atoms with Gasteiger partial charge in [0.2, 0.25) is 0 Å². The fraction of sp³-hybridized carbons (Fsp3) is 0.444. The molecule has 1 rings (SSSR count). The summed E-state index contributed by atoms with van der Waals surface area (Å²) in [7, 11) is -3.64. The Morgan fingerprint density at radius 3 is 2.53 bits per heavy atom. The van der Waals surface area contributed by atoms with Gasteiger partial charge in [0, 0.05) is 15.7 Å². The third-order valence-corrected chi connectivity index (χ3v) is 5.02. The maximum Gasteiger partial charge on any atom is 0.200 e. The average Bonchev–Trinajstić information content (AvgIpc) is 2.20. The lowest BCUT2D eigenvalue weighted by molar-refractivity contribution is -0.0434. The summed E-state index contributed by atoms with van der Waals surface area (Å²) < 4.78 is 23.8. The van der Waals surface area contributed by atoms with Gasteiger partial charge in [-0.15, -0.1) is 0 Å². The number of hydrogen-bond acceptors (Lipinski definition) is 6. The molecule has 0 saturated heterocycles. The standard InChI is InChI=1S/C9H12INO5S/c1-5-6(9(13)14)4-7(12)8(11-5)17(15,16)3-2-10/h4,9,12-14H,2-3H2,1H3. The Morgan fingerprint density at radius 1 is 1.47 bits per heavy atom. The highest BCUT2D eigenvalue weighted by Gasteiger charge is 2.23. The molecule has 1 heterocycles. The number of aliphatic hydroxyl groups is 2. The van der Waals surface area contributed by atoms with Crippen LogP contribution >= 0.6 is 22.6 Å². The SMILES string of the molecule is Cc1nc(S(=O)(=O)CCI)c(O)cc1C(O)O. The molecule has 0 spiro atoms. The topological polar surface area (TPSA) is 108 Å².